The third-order valence-electron chi connectivity index (χ3n) is 15.4. The van der Waals surface area contributed by atoms with Crippen molar-refractivity contribution in [1.29, 1.82) is 0 Å². The van der Waals surface area contributed by atoms with Crippen LogP contribution in [-0.4, -0.2) is 77.8 Å². The number of alkyl halides is 3. The summed E-state index contributed by atoms with van der Waals surface area (Å²) in [5.74, 6) is -0.501. The van der Waals surface area contributed by atoms with Crippen LogP contribution in [-0.2, 0) is 50.3 Å². The van der Waals surface area contributed by atoms with Crippen molar-refractivity contribution in [2.24, 2.45) is 0 Å². The van der Waals surface area contributed by atoms with E-state index in [1.54, 1.807) is 55.2 Å². The van der Waals surface area contributed by atoms with Crippen LogP contribution in [0.3, 0.4) is 0 Å². The monoisotopic (exact) mass is 1810 g/mol. The first-order valence-electron chi connectivity index (χ1n) is 32.3. The van der Waals surface area contributed by atoms with E-state index in [-0.39, 0.29) is 51.8 Å². The minimum absolute atomic E-state index is 0. The number of hydrogen-bond donors (Lipinski definition) is 3. The SMILES string of the molecule is CO.CO.Cc1c[c-]c(-c2ccccn2)cc1.Cc1c[c-]c(-c2ccccn2)cc1.Cc1c[c-]c(-c2ccccn2)cc1.Cc1ccc2c(n1)oc1c(-c3cc(-c4ccc(F)cc4)ccn3)[c-]ccc12.Cc1ccc2c(n1)oc1c(-c3cc(-c4ccc(F)cc4)ccn3)cccc12.O=S(=O)(O)C(F)(F)F.[Ir].[Ir]. The minimum Gasteiger partial charge on any atom is -0.486 e. The molecule has 0 aliphatic heterocycles. The molecule has 22 heteroatoms. The fourth-order valence-corrected chi connectivity index (χ4v) is 10.2. The van der Waals surface area contributed by atoms with Gasteiger partial charge in [-0.05, 0) is 150 Å². The van der Waals surface area contributed by atoms with Gasteiger partial charge in [-0.1, -0.05) is 111 Å². The summed E-state index contributed by atoms with van der Waals surface area (Å²) < 4.78 is 96.1. The van der Waals surface area contributed by atoms with E-state index in [0.29, 0.717) is 17.0 Å². The molecule has 0 amide bonds. The summed E-state index contributed by atoms with van der Waals surface area (Å²) in [5.41, 5.74) is 15.8. The maximum Gasteiger partial charge on any atom is 0.522 e. The summed E-state index contributed by atoms with van der Waals surface area (Å²) in [4.78, 5) is 30.8. The third kappa shape index (κ3) is 22.7. The number of aliphatic hydroxyl groups excluding tert-OH is 2. The van der Waals surface area contributed by atoms with Gasteiger partial charge in [-0.2, -0.15) is 21.6 Å². The Morgan fingerprint density at radius 1 is 0.383 bits per heavy atom. The molecule has 548 valence electrons. The molecule has 14 nitrogen and oxygen atoms in total. The smallest absolute Gasteiger partial charge is 0.486 e. The topological polar surface area (TPSA) is 211 Å². The first-order valence-corrected chi connectivity index (χ1v) is 33.7. The molecule has 3 N–H and O–H groups in total. The van der Waals surface area contributed by atoms with Gasteiger partial charge in [-0.25, -0.2) is 18.7 Å². The second-order valence-electron chi connectivity index (χ2n) is 22.9. The molecule has 0 fully saturated rings. The van der Waals surface area contributed by atoms with E-state index >= 15 is 0 Å². The number of furan rings is 2. The van der Waals surface area contributed by atoms with Gasteiger partial charge in [0.25, 0.3) is 0 Å². The number of halogens is 5. The Kier molecular flexibility index (Phi) is 31.0. The van der Waals surface area contributed by atoms with Gasteiger partial charge in [-0.15, -0.1) is 124 Å². The molecule has 16 aromatic rings. The average molecular weight is 1810 g/mol. The van der Waals surface area contributed by atoms with E-state index in [4.69, 9.17) is 32.0 Å². The molecule has 16 rings (SSSR count). The third-order valence-corrected chi connectivity index (χ3v) is 16.0. The summed E-state index contributed by atoms with van der Waals surface area (Å²) >= 11 is 0. The van der Waals surface area contributed by atoms with Crippen LogP contribution >= 0.6 is 0 Å². The van der Waals surface area contributed by atoms with E-state index in [0.717, 1.165) is 131 Å². The molecule has 0 unspecified atom stereocenters. The number of hydrogen-bond acceptors (Lipinski definition) is 13. The van der Waals surface area contributed by atoms with Crippen LogP contribution in [0.4, 0.5) is 22.0 Å². The number of benzene rings is 7. The standard InChI is InChI=1S/C23H15FN2O.C23H14FN2O.3C12H10N.CHF3O3S.2CH4O.2Ir/c2*1-14-5-10-19-18-3-2-4-20(22(18)27-23(19)26-14)21-13-16(11-12-25-21)15-6-8-17(24)9-7-15;3*1-10-5-7-11(8-6-10)12-4-2-3-9-13-12;2-1(3,4)8(5,6)7;2*1-2;;/h2-13H,1H3;2-3,5-13H,1H3;3*2-7,9H,1H3;(H,5,6,7);2*2H,1H3;;/q;4*-1;;;;;. The average Bonchev–Trinajstić information content (AvgIpc) is 1.58. The van der Waals surface area contributed by atoms with Crippen LogP contribution in [0.15, 0.2) is 276 Å². The van der Waals surface area contributed by atoms with Gasteiger partial charge in [0.2, 0.25) is 11.4 Å². The first kappa shape index (κ1) is 83.2. The first-order chi connectivity index (χ1) is 50.7. The molecule has 0 bridgehead atoms. The number of pyridine rings is 7. The molecule has 0 atom stereocenters. The number of aromatic nitrogens is 7. The van der Waals surface area contributed by atoms with Crippen LogP contribution in [0.25, 0.3) is 123 Å². The Bertz CT molecular complexity index is 5170. The van der Waals surface area contributed by atoms with Gasteiger partial charge < -0.3 is 39.0 Å². The minimum atomic E-state index is -5.84. The quantitative estimate of drug-likeness (QED) is 0.0587. The van der Waals surface area contributed by atoms with Gasteiger partial charge in [0.15, 0.2) is 0 Å². The van der Waals surface area contributed by atoms with Crippen LogP contribution in [0.2, 0.25) is 0 Å². The van der Waals surface area contributed by atoms with Crippen LogP contribution in [0, 0.1) is 70.5 Å². The van der Waals surface area contributed by atoms with E-state index in [1.807, 2.05) is 184 Å². The molecular formula is C85H68F5Ir2N7O7S-4. The molecule has 0 aliphatic rings. The van der Waals surface area contributed by atoms with Crippen molar-refractivity contribution in [3.63, 3.8) is 0 Å². The van der Waals surface area contributed by atoms with Crippen molar-refractivity contribution < 1.29 is 94.2 Å². The van der Waals surface area contributed by atoms with Gasteiger partial charge in [0, 0.05) is 119 Å². The Morgan fingerprint density at radius 2 is 0.766 bits per heavy atom. The fourth-order valence-electron chi connectivity index (χ4n) is 10.2. The number of fused-ring (bicyclic) bond motifs is 6. The predicted octanol–water partition coefficient (Wildman–Crippen LogP) is 20.3. The Morgan fingerprint density at radius 3 is 1.15 bits per heavy atom. The molecule has 9 aromatic heterocycles. The molecule has 9 heterocycles. The maximum absolute atomic E-state index is 13.2. The van der Waals surface area contributed by atoms with Crippen molar-refractivity contribution in [3.05, 3.63) is 332 Å². The van der Waals surface area contributed by atoms with Crippen LogP contribution < -0.4 is 0 Å². The van der Waals surface area contributed by atoms with E-state index in [2.05, 4.69) is 98.1 Å². The van der Waals surface area contributed by atoms with Crippen molar-refractivity contribution >= 4 is 54.3 Å². The summed E-state index contributed by atoms with van der Waals surface area (Å²) in [6, 6.07) is 87.3. The maximum atomic E-state index is 13.2. The molecule has 0 saturated carbocycles. The zero-order chi connectivity index (χ0) is 75.0. The van der Waals surface area contributed by atoms with E-state index in [1.165, 1.54) is 41.0 Å². The molecule has 0 aliphatic carbocycles. The van der Waals surface area contributed by atoms with E-state index in [9.17, 15) is 22.0 Å². The van der Waals surface area contributed by atoms with Crippen molar-refractivity contribution in [2.45, 2.75) is 40.1 Å². The molecule has 2 radical (unpaired) electrons. The molecule has 0 spiro atoms. The van der Waals surface area contributed by atoms with Crippen molar-refractivity contribution in [1.82, 2.24) is 34.9 Å². The predicted molar refractivity (Wildman–Crippen MR) is 402 cm³/mol. The summed E-state index contributed by atoms with van der Waals surface area (Å²) in [5, 5.41) is 18.0. The summed E-state index contributed by atoms with van der Waals surface area (Å²) in [6.45, 7) is 10.0. The van der Waals surface area contributed by atoms with Crippen LogP contribution in [0.1, 0.15) is 28.1 Å². The second kappa shape index (κ2) is 39.9. The normalized spacial score (nSPS) is 10.5. The molecule has 107 heavy (non-hydrogen) atoms. The fraction of sp³-hybridized carbons (Fsp3) is 0.0941. The van der Waals surface area contributed by atoms with Gasteiger partial charge >= 0.3 is 15.6 Å². The van der Waals surface area contributed by atoms with Crippen molar-refractivity contribution in [2.75, 3.05) is 14.2 Å². The van der Waals surface area contributed by atoms with Crippen LogP contribution in [0.5, 0.6) is 0 Å². The number of nitrogens with zero attached hydrogens (tertiary/aromatic N) is 7. The Hall–Kier alpha value is -11.0. The molecule has 0 saturated heterocycles. The van der Waals surface area contributed by atoms with Gasteiger partial charge in [0.05, 0.1) is 11.3 Å². The summed E-state index contributed by atoms with van der Waals surface area (Å²) in [7, 11) is -3.84. The largest absolute Gasteiger partial charge is 0.522 e. The zero-order valence-corrected chi connectivity index (χ0v) is 64.1. The number of rotatable bonds is 7. The summed E-state index contributed by atoms with van der Waals surface area (Å²) in [6.07, 6.45) is 8.89. The Balaban J connectivity index is 0.000000185. The van der Waals surface area contributed by atoms with Gasteiger partial charge in [0.1, 0.15) is 17.2 Å². The Labute approximate surface area is 643 Å². The number of aryl methyl sites for hydroxylation is 5. The van der Waals surface area contributed by atoms with E-state index < -0.39 is 15.6 Å². The second-order valence-corrected chi connectivity index (χ2v) is 24.3. The number of para-hydroxylation sites is 1. The zero-order valence-electron chi connectivity index (χ0n) is 58.5. The molecular weight excluding hydrogens is 1740 g/mol. The molecule has 7 aromatic carbocycles. The van der Waals surface area contributed by atoms with Crippen molar-refractivity contribution in [3.8, 4) is 78.5 Å². The van der Waals surface area contributed by atoms with Gasteiger partial charge in [-0.3, -0.25) is 9.54 Å². The number of aliphatic hydroxyl groups is 2.